The van der Waals surface area contributed by atoms with Gasteiger partial charge in [-0.3, -0.25) is 10.1 Å². The zero-order valence-corrected chi connectivity index (χ0v) is 15.4. The summed E-state index contributed by atoms with van der Waals surface area (Å²) in [5.41, 5.74) is 0.735. The van der Waals surface area contributed by atoms with Crippen molar-refractivity contribution in [2.24, 2.45) is 0 Å². The van der Waals surface area contributed by atoms with Crippen molar-refractivity contribution in [3.05, 3.63) is 64.5 Å². The van der Waals surface area contributed by atoms with E-state index in [0.29, 0.717) is 37.3 Å². The fourth-order valence-electron chi connectivity index (χ4n) is 3.01. The van der Waals surface area contributed by atoms with Crippen LogP contribution in [-0.2, 0) is 0 Å². The van der Waals surface area contributed by atoms with Crippen LogP contribution in [0.5, 0.6) is 0 Å². The first-order valence-electron chi connectivity index (χ1n) is 9.04. The van der Waals surface area contributed by atoms with E-state index in [0.717, 1.165) is 0 Å². The SMILES string of the molecule is O=C(Nc1ccc(F)cc1)NC1CCN(C(=O)Nc2cccc([N+](=O)[O-])c2)CC1. The first kappa shape index (κ1) is 20.1. The van der Waals surface area contributed by atoms with Gasteiger partial charge in [0.15, 0.2) is 0 Å². The third kappa shape index (κ3) is 5.64. The molecule has 1 fully saturated rings. The molecule has 0 aliphatic carbocycles. The summed E-state index contributed by atoms with van der Waals surface area (Å²) < 4.78 is 12.9. The highest BCUT2D eigenvalue weighted by Crippen LogP contribution is 2.18. The molecule has 1 aliphatic rings. The highest BCUT2D eigenvalue weighted by atomic mass is 19.1. The summed E-state index contributed by atoms with van der Waals surface area (Å²) in [6, 6.07) is 10.3. The van der Waals surface area contributed by atoms with Gasteiger partial charge in [0.25, 0.3) is 5.69 Å². The molecule has 0 unspecified atom stereocenters. The number of nitro groups is 1. The maximum Gasteiger partial charge on any atom is 0.321 e. The number of hydrogen-bond donors (Lipinski definition) is 3. The molecule has 0 spiro atoms. The van der Waals surface area contributed by atoms with Crippen LogP contribution in [0.4, 0.5) is 31.0 Å². The Morgan fingerprint density at radius 2 is 1.72 bits per heavy atom. The largest absolute Gasteiger partial charge is 0.335 e. The average molecular weight is 401 g/mol. The van der Waals surface area contributed by atoms with Crippen LogP contribution in [0.2, 0.25) is 0 Å². The van der Waals surface area contributed by atoms with Gasteiger partial charge < -0.3 is 20.9 Å². The number of anilines is 2. The van der Waals surface area contributed by atoms with E-state index in [9.17, 15) is 24.1 Å². The summed E-state index contributed by atoms with van der Waals surface area (Å²) in [5.74, 6) is -0.383. The molecule has 0 bridgehead atoms. The Morgan fingerprint density at radius 1 is 1.03 bits per heavy atom. The van der Waals surface area contributed by atoms with Gasteiger partial charge in [0.1, 0.15) is 5.82 Å². The van der Waals surface area contributed by atoms with Crippen LogP contribution < -0.4 is 16.0 Å². The van der Waals surface area contributed by atoms with Crippen molar-refractivity contribution < 1.29 is 18.9 Å². The molecule has 0 atom stereocenters. The Labute approximate surface area is 166 Å². The number of amides is 4. The first-order valence-corrected chi connectivity index (χ1v) is 9.04. The molecule has 1 saturated heterocycles. The Morgan fingerprint density at radius 3 is 2.38 bits per heavy atom. The van der Waals surface area contributed by atoms with Gasteiger partial charge in [-0.25, -0.2) is 14.0 Å². The highest BCUT2D eigenvalue weighted by molar-refractivity contribution is 5.90. The van der Waals surface area contributed by atoms with Crippen molar-refractivity contribution in [1.29, 1.82) is 0 Å². The Hall–Kier alpha value is -3.69. The molecule has 1 aliphatic heterocycles. The molecule has 0 aromatic heterocycles. The summed E-state index contributed by atoms with van der Waals surface area (Å²) >= 11 is 0. The minimum atomic E-state index is -0.524. The Kier molecular flexibility index (Phi) is 6.22. The van der Waals surface area contributed by atoms with Gasteiger partial charge in [-0.1, -0.05) is 6.07 Å². The lowest BCUT2D eigenvalue weighted by Gasteiger charge is -2.32. The van der Waals surface area contributed by atoms with Gasteiger partial charge in [-0.15, -0.1) is 0 Å². The molecule has 4 amide bonds. The van der Waals surface area contributed by atoms with E-state index >= 15 is 0 Å². The molecule has 10 heteroatoms. The van der Waals surface area contributed by atoms with Gasteiger partial charge in [0, 0.05) is 42.6 Å². The standard InChI is InChI=1S/C19H20FN5O4/c20-13-4-6-14(7-5-13)21-18(26)22-15-8-10-24(11-9-15)19(27)23-16-2-1-3-17(12-16)25(28)29/h1-7,12,15H,8-11H2,(H,23,27)(H2,21,22,26). The number of rotatable bonds is 4. The van der Waals surface area contributed by atoms with E-state index in [2.05, 4.69) is 16.0 Å². The summed E-state index contributed by atoms with van der Waals surface area (Å²) in [6.07, 6.45) is 1.14. The zero-order valence-electron chi connectivity index (χ0n) is 15.4. The minimum Gasteiger partial charge on any atom is -0.335 e. The van der Waals surface area contributed by atoms with E-state index in [4.69, 9.17) is 0 Å². The van der Waals surface area contributed by atoms with Crippen molar-refractivity contribution in [2.45, 2.75) is 18.9 Å². The zero-order chi connectivity index (χ0) is 20.8. The average Bonchev–Trinajstić information content (AvgIpc) is 2.70. The van der Waals surface area contributed by atoms with Crippen LogP contribution in [0.15, 0.2) is 48.5 Å². The number of nitro benzene ring substituents is 1. The monoisotopic (exact) mass is 401 g/mol. The lowest BCUT2D eigenvalue weighted by Crippen LogP contribution is -2.48. The normalized spacial score (nSPS) is 14.2. The molecule has 29 heavy (non-hydrogen) atoms. The third-order valence-electron chi connectivity index (χ3n) is 4.53. The van der Waals surface area contributed by atoms with Gasteiger partial charge >= 0.3 is 12.1 Å². The number of carbonyl (C=O) groups is 2. The number of likely N-dealkylation sites (tertiary alicyclic amines) is 1. The minimum absolute atomic E-state index is 0.0992. The smallest absolute Gasteiger partial charge is 0.321 e. The molecular formula is C19H20FN5O4. The van der Waals surface area contributed by atoms with Crippen LogP contribution in [0.1, 0.15) is 12.8 Å². The summed E-state index contributed by atoms with van der Waals surface area (Å²) in [5, 5.41) is 18.9. The van der Waals surface area contributed by atoms with Gasteiger partial charge in [0.2, 0.25) is 0 Å². The number of carbonyl (C=O) groups excluding carboxylic acids is 2. The van der Waals surface area contributed by atoms with Crippen molar-refractivity contribution in [3.63, 3.8) is 0 Å². The molecule has 2 aromatic carbocycles. The van der Waals surface area contributed by atoms with Crippen LogP contribution in [0.25, 0.3) is 0 Å². The van der Waals surface area contributed by atoms with Crippen LogP contribution in [-0.4, -0.2) is 41.0 Å². The Balaban J connectivity index is 1.45. The van der Waals surface area contributed by atoms with Crippen molar-refractivity contribution in [1.82, 2.24) is 10.2 Å². The summed E-state index contributed by atoms with van der Waals surface area (Å²) in [4.78, 5) is 36.3. The van der Waals surface area contributed by atoms with E-state index in [-0.39, 0.29) is 23.6 Å². The quantitative estimate of drug-likeness (QED) is 0.536. The molecule has 9 nitrogen and oxygen atoms in total. The van der Waals surface area contributed by atoms with Gasteiger partial charge in [-0.05, 0) is 43.2 Å². The van der Waals surface area contributed by atoms with Crippen LogP contribution in [0, 0.1) is 15.9 Å². The Bertz CT molecular complexity index is 898. The van der Waals surface area contributed by atoms with Crippen molar-refractivity contribution >= 4 is 29.1 Å². The first-order chi connectivity index (χ1) is 13.9. The maximum absolute atomic E-state index is 12.9. The van der Waals surface area contributed by atoms with Gasteiger partial charge in [0.05, 0.1) is 4.92 Å². The second-order valence-electron chi connectivity index (χ2n) is 6.60. The fourth-order valence-corrected chi connectivity index (χ4v) is 3.01. The number of piperidine rings is 1. The fraction of sp³-hybridized carbons (Fsp3) is 0.263. The number of nitrogens with zero attached hydrogens (tertiary/aromatic N) is 2. The van der Waals surface area contributed by atoms with E-state index in [1.54, 1.807) is 11.0 Å². The second-order valence-corrected chi connectivity index (χ2v) is 6.60. The molecule has 3 rings (SSSR count). The van der Waals surface area contributed by atoms with Gasteiger partial charge in [-0.2, -0.15) is 0 Å². The topological polar surface area (TPSA) is 117 Å². The number of nitrogens with one attached hydrogen (secondary N) is 3. The number of urea groups is 2. The molecule has 0 radical (unpaired) electrons. The molecule has 3 N–H and O–H groups in total. The molecule has 152 valence electrons. The van der Waals surface area contributed by atoms with Crippen molar-refractivity contribution in [3.8, 4) is 0 Å². The lowest BCUT2D eigenvalue weighted by atomic mass is 10.1. The van der Waals surface area contributed by atoms with Crippen LogP contribution >= 0.6 is 0 Å². The predicted molar refractivity (Wildman–Crippen MR) is 105 cm³/mol. The maximum atomic E-state index is 12.9. The molecule has 2 aromatic rings. The van der Waals surface area contributed by atoms with E-state index < -0.39 is 11.0 Å². The molecular weight excluding hydrogens is 381 g/mol. The van der Waals surface area contributed by atoms with E-state index in [1.807, 2.05) is 0 Å². The summed E-state index contributed by atoms with van der Waals surface area (Å²) in [7, 11) is 0. The number of non-ortho nitro benzene ring substituents is 1. The van der Waals surface area contributed by atoms with E-state index in [1.165, 1.54) is 42.5 Å². The molecule has 1 heterocycles. The van der Waals surface area contributed by atoms with Crippen molar-refractivity contribution in [2.75, 3.05) is 23.7 Å². The van der Waals surface area contributed by atoms with Crippen LogP contribution in [0.3, 0.4) is 0 Å². The summed E-state index contributed by atoms with van der Waals surface area (Å²) in [6.45, 7) is 0.866. The number of halogens is 1. The number of benzene rings is 2. The second kappa shape index (κ2) is 9.00. The number of hydrogen-bond acceptors (Lipinski definition) is 4. The highest BCUT2D eigenvalue weighted by Gasteiger charge is 2.24. The third-order valence-corrected chi connectivity index (χ3v) is 4.53. The lowest BCUT2D eigenvalue weighted by molar-refractivity contribution is -0.384. The molecule has 0 saturated carbocycles. The predicted octanol–water partition coefficient (Wildman–Crippen LogP) is 3.55.